The van der Waals surface area contributed by atoms with Crippen LogP contribution in [-0.2, 0) is 9.53 Å². The SMILES string of the molecule is COC(=Cc1c(F)cc(C(=O)Nc2nc(-c3cccc(OCCCCCl)c3OC)cs2)cc1F)C(=O)O. The van der Waals surface area contributed by atoms with Gasteiger partial charge in [-0.3, -0.25) is 10.1 Å². The second-order valence-corrected chi connectivity index (χ2v) is 8.68. The van der Waals surface area contributed by atoms with Gasteiger partial charge < -0.3 is 19.3 Å². The van der Waals surface area contributed by atoms with E-state index in [2.05, 4.69) is 15.0 Å². The normalized spacial score (nSPS) is 11.2. The minimum absolute atomic E-state index is 0.188. The van der Waals surface area contributed by atoms with Crippen LogP contribution in [0.5, 0.6) is 11.5 Å². The number of carbonyl (C=O) groups excluding carboxylic acids is 1. The van der Waals surface area contributed by atoms with Crippen molar-refractivity contribution in [2.45, 2.75) is 12.8 Å². The molecular formula is C25H23ClF2N2O6S. The average Bonchev–Trinajstić information content (AvgIpc) is 3.34. The van der Waals surface area contributed by atoms with Crippen molar-refractivity contribution in [1.82, 2.24) is 4.98 Å². The van der Waals surface area contributed by atoms with E-state index in [1.807, 2.05) is 0 Å². The number of nitrogens with one attached hydrogen (secondary N) is 1. The van der Waals surface area contributed by atoms with Crippen molar-refractivity contribution in [3.05, 3.63) is 64.2 Å². The van der Waals surface area contributed by atoms with E-state index in [1.165, 1.54) is 7.11 Å². The van der Waals surface area contributed by atoms with Crippen molar-refractivity contribution in [1.29, 1.82) is 0 Å². The van der Waals surface area contributed by atoms with E-state index >= 15 is 0 Å². The van der Waals surface area contributed by atoms with Gasteiger partial charge in [0.15, 0.2) is 16.6 Å². The number of halogens is 3. The van der Waals surface area contributed by atoms with Gasteiger partial charge in [-0.25, -0.2) is 18.6 Å². The van der Waals surface area contributed by atoms with Gasteiger partial charge >= 0.3 is 5.97 Å². The highest BCUT2D eigenvalue weighted by Crippen LogP contribution is 2.39. The number of hydrogen-bond donors (Lipinski definition) is 2. The number of aromatic nitrogens is 1. The van der Waals surface area contributed by atoms with Crippen LogP contribution in [0.15, 0.2) is 41.5 Å². The number of rotatable bonds is 12. The van der Waals surface area contributed by atoms with Crippen LogP contribution >= 0.6 is 22.9 Å². The molecule has 0 saturated carbocycles. The van der Waals surface area contributed by atoms with Crippen molar-refractivity contribution in [3.8, 4) is 22.8 Å². The maximum absolute atomic E-state index is 14.5. The number of amides is 1. The molecule has 1 amide bonds. The summed E-state index contributed by atoms with van der Waals surface area (Å²) in [5.74, 6) is -3.67. The summed E-state index contributed by atoms with van der Waals surface area (Å²) in [6, 6.07) is 6.93. The van der Waals surface area contributed by atoms with Crippen LogP contribution in [0.2, 0.25) is 0 Å². The molecule has 0 spiro atoms. The standard InChI is InChI=1S/C25H23ClF2N2O6S/c1-34-21(24(32)33)12-16-17(27)10-14(11-18(16)28)23(31)30-25-29-19(13-37-25)15-6-5-7-20(22(15)35-2)36-9-4-3-8-26/h5-7,10-13H,3-4,8-9H2,1-2H3,(H,32,33)(H,29,30,31). The highest BCUT2D eigenvalue weighted by Gasteiger charge is 2.19. The largest absolute Gasteiger partial charge is 0.492 e. The summed E-state index contributed by atoms with van der Waals surface area (Å²) in [6.45, 7) is 0.468. The molecule has 0 aliphatic carbocycles. The lowest BCUT2D eigenvalue weighted by Gasteiger charge is -2.13. The molecule has 12 heteroatoms. The van der Waals surface area contributed by atoms with E-state index in [1.54, 1.807) is 23.6 Å². The molecule has 0 unspecified atom stereocenters. The topological polar surface area (TPSA) is 107 Å². The fourth-order valence-electron chi connectivity index (χ4n) is 3.24. The van der Waals surface area contributed by atoms with Crippen molar-refractivity contribution < 1.29 is 37.7 Å². The Morgan fingerprint density at radius 3 is 2.54 bits per heavy atom. The number of thiazole rings is 1. The number of hydrogen-bond acceptors (Lipinski definition) is 7. The fraction of sp³-hybridized carbons (Fsp3) is 0.240. The lowest BCUT2D eigenvalue weighted by Crippen LogP contribution is -2.13. The van der Waals surface area contributed by atoms with Crippen LogP contribution in [-0.4, -0.2) is 48.7 Å². The Labute approximate surface area is 220 Å². The van der Waals surface area contributed by atoms with Gasteiger partial charge in [0.05, 0.1) is 26.5 Å². The average molecular weight is 553 g/mol. The molecule has 0 radical (unpaired) electrons. The van der Waals surface area contributed by atoms with E-state index in [4.69, 9.17) is 26.2 Å². The highest BCUT2D eigenvalue weighted by molar-refractivity contribution is 7.14. The number of carboxylic acid groups (broad SMARTS) is 1. The summed E-state index contributed by atoms with van der Waals surface area (Å²) in [4.78, 5) is 28.1. The van der Waals surface area contributed by atoms with Crippen molar-refractivity contribution in [2.24, 2.45) is 0 Å². The van der Waals surface area contributed by atoms with Crippen LogP contribution in [0, 0.1) is 11.6 Å². The molecular weight excluding hydrogens is 530 g/mol. The number of anilines is 1. The molecule has 1 aromatic heterocycles. The Balaban J connectivity index is 1.79. The zero-order valence-corrected chi connectivity index (χ0v) is 21.4. The van der Waals surface area contributed by atoms with Crippen LogP contribution in [0.4, 0.5) is 13.9 Å². The van der Waals surface area contributed by atoms with Crippen LogP contribution in [0.3, 0.4) is 0 Å². The Hall–Kier alpha value is -3.70. The maximum Gasteiger partial charge on any atom is 0.371 e. The van der Waals surface area contributed by atoms with Crippen molar-refractivity contribution in [3.63, 3.8) is 0 Å². The molecule has 0 bridgehead atoms. The van der Waals surface area contributed by atoms with E-state index in [0.29, 0.717) is 41.3 Å². The molecule has 2 aromatic carbocycles. The quantitative estimate of drug-likeness (QED) is 0.126. The lowest BCUT2D eigenvalue weighted by atomic mass is 10.1. The maximum atomic E-state index is 14.5. The van der Waals surface area contributed by atoms with Crippen LogP contribution in [0.1, 0.15) is 28.8 Å². The van der Waals surface area contributed by atoms with E-state index in [-0.39, 0.29) is 10.7 Å². The number of aliphatic carboxylic acids is 1. The zero-order chi connectivity index (χ0) is 26.9. The summed E-state index contributed by atoms with van der Waals surface area (Å²) in [5.41, 5.74) is 0.170. The summed E-state index contributed by atoms with van der Waals surface area (Å²) >= 11 is 6.81. The van der Waals surface area contributed by atoms with Gasteiger partial charge in [-0.2, -0.15) is 0 Å². The molecule has 3 aromatic rings. The predicted octanol–water partition coefficient (Wildman–Crippen LogP) is 5.82. The number of ether oxygens (including phenoxy) is 3. The lowest BCUT2D eigenvalue weighted by molar-refractivity contribution is -0.135. The minimum Gasteiger partial charge on any atom is -0.492 e. The van der Waals surface area contributed by atoms with E-state index in [0.717, 1.165) is 43.4 Å². The van der Waals surface area contributed by atoms with Crippen LogP contribution < -0.4 is 14.8 Å². The zero-order valence-electron chi connectivity index (χ0n) is 19.8. The summed E-state index contributed by atoms with van der Waals surface area (Å²) < 4.78 is 44.9. The van der Waals surface area contributed by atoms with Gasteiger partial charge in [0.1, 0.15) is 11.6 Å². The predicted molar refractivity (Wildman–Crippen MR) is 136 cm³/mol. The Bertz CT molecular complexity index is 1290. The van der Waals surface area contributed by atoms with Gasteiger partial charge in [-0.1, -0.05) is 6.07 Å². The van der Waals surface area contributed by atoms with E-state index in [9.17, 15) is 18.4 Å². The number of benzene rings is 2. The number of carboxylic acids is 1. The monoisotopic (exact) mass is 552 g/mol. The first-order valence-electron chi connectivity index (χ1n) is 10.9. The van der Waals surface area contributed by atoms with Crippen LogP contribution in [0.25, 0.3) is 17.3 Å². The fourth-order valence-corrected chi connectivity index (χ4v) is 4.13. The molecule has 3 rings (SSSR count). The third kappa shape index (κ3) is 6.95. The molecule has 8 nitrogen and oxygen atoms in total. The number of para-hydroxylation sites is 1. The second-order valence-electron chi connectivity index (χ2n) is 7.44. The Morgan fingerprint density at radius 2 is 1.92 bits per heavy atom. The van der Waals surface area contributed by atoms with Gasteiger partial charge in [-0.15, -0.1) is 22.9 Å². The summed E-state index contributed by atoms with van der Waals surface area (Å²) in [6.07, 6.45) is 2.31. The molecule has 0 aliphatic heterocycles. The summed E-state index contributed by atoms with van der Waals surface area (Å²) in [5, 5.41) is 13.4. The highest BCUT2D eigenvalue weighted by atomic mass is 35.5. The minimum atomic E-state index is -1.50. The number of methoxy groups -OCH3 is 2. The smallest absolute Gasteiger partial charge is 0.371 e. The molecule has 37 heavy (non-hydrogen) atoms. The molecule has 196 valence electrons. The van der Waals surface area contributed by atoms with Crippen molar-refractivity contribution in [2.75, 3.05) is 32.0 Å². The van der Waals surface area contributed by atoms with Gasteiger partial charge in [0.25, 0.3) is 5.91 Å². The first-order chi connectivity index (χ1) is 17.8. The number of alkyl halides is 1. The second kappa shape index (κ2) is 13.0. The van der Waals surface area contributed by atoms with Gasteiger partial charge in [0.2, 0.25) is 5.76 Å². The van der Waals surface area contributed by atoms with Gasteiger partial charge in [-0.05, 0) is 37.1 Å². The number of unbranched alkanes of at least 4 members (excludes halogenated alkanes) is 1. The molecule has 0 atom stereocenters. The Kier molecular flexibility index (Phi) is 9.81. The molecule has 2 N–H and O–H groups in total. The first kappa shape index (κ1) is 27.9. The third-order valence-electron chi connectivity index (χ3n) is 5.02. The summed E-state index contributed by atoms with van der Waals surface area (Å²) in [7, 11) is 2.56. The Morgan fingerprint density at radius 1 is 1.19 bits per heavy atom. The molecule has 0 fully saturated rings. The van der Waals surface area contributed by atoms with E-state index < -0.39 is 34.8 Å². The number of nitrogens with zero attached hydrogens (tertiary/aromatic N) is 1. The van der Waals surface area contributed by atoms with Crippen molar-refractivity contribution >= 4 is 46.0 Å². The van der Waals surface area contributed by atoms with Gasteiger partial charge in [0, 0.05) is 34.0 Å². The number of carbonyl (C=O) groups is 2. The third-order valence-corrected chi connectivity index (χ3v) is 6.04. The molecule has 1 heterocycles. The molecule has 0 saturated heterocycles. The molecule has 0 aliphatic rings. The first-order valence-corrected chi connectivity index (χ1v) is 12.3.